The molecule has 38 heavy (non-hydrogen) atoms. The first-order valence-electron chi connectivity index (χ1n) is 14.1. The van der Waals surface area contributed by atoms with Crippen LogP contribution in [0.5, 0.6) is 0 Å². The average Bonchev–Trinajstić information content (AvgIpc) is 2.99. The van der Waals surface area contributed by atoms with Crippen molar-refractivity contribution in [2.75, 3.05) is 0 Å². The van der Waals surface area contributed by atoms with E-state index in [4.69, 9.17) is 0 Å². The Balaban J connectivity index is 1.28. The second-order valence-corrected chi connectivity index (χ2v) is 11.5. The predicted molar refractivity (Wildman–Crippen MR) is 158 cm³/mol. The van der Waals surface area contributed by atoms with Gasteiger partial charge in [0, 0.05) is 17.8 Å². The van der Waals surface area contributed by atoms with Crippen LogP contribution in [0.3, 0.4) is 0 Å². The monoisotopic (exact) mass is 484 g/mol. The lowest BCUT2D eigenvalue weighted by Gasteiger charge is -2.42. The van der Waals surface area contributed by atoms with Gasteiger partial charge in [-0.3, -0.25) is 0 Å². The standard InChI is InChI=1S/C38H28/c1-2-12-28-26(10-1)27-11-3-5-14-31(27)38-32-15-6-4-13-29(32)34(22-35(28)38)30-20-18-25-17-16-23-8-7-9-24-19-21-33(30)37(25)36(23)24/h1-18,20,22,30,33,35,38H,19,21H2. The van der Waals surface area contributed by atoms with E-state index >= 15 is 0 Å². The van der Waals surface area contributed by atoms with Gasteiger partial charge in [0.1, 0.15) is 0 Å². The molecule has 0 heteroatoms. The van der Waals surface area contributed by atoms with Gasteiger partial charge in [0.05, 0.1) is 0 Å². The number of hydrogen-bond acceptors (Lipinski definition) is 0. The maximum atomic E-state index is 2.67. The van der Waals surface area contributed by atoms with Crippen molar-refractivity contribution < 1.29 is 0 Å². The van der Waals surface area contributed by atoms with E-state index in [9.17, 15) is 0 Å². The van der Waals surface area contributed by atoms with Crippen LogP contribution in [0.4, 0.5) is 0 Å². The molecule has 5 aromatic carbocycles. The van der Waals surface area contributed by atoms with Crippen molar-refractivity contribution in [3.8, 4) is 11.1 Å². The first kappa shape index (κ1) is 20.8. The Morgan fingerprint density at radius 1 is 0.579 bits per heavy atom. The Morgan fingerprint density at radius 2 is 1.29 bits per heavy atom. The SMILES string of the molecule is C1=CC(C2=CC3c4ccccc4-c4ccccc4C3c3ccccc32)C2CCc3cccc4ccc1c2c34. The number of allylic oxidation sites excluding steroid dienone is 3. The van der Waals surface area contributed by atoms with Gasteiger partial charge in [-0.2, -0.15) is 0 Å². The zero-order chi connectivity index (χ0) is 24.8. The van der Waals surface area contributed by atoms with E-state index in [1.165, 1.54) is 73.7 Å². The maximum absolute atomic E-state index is 2.67. The zero-order valence-electron chi connectivity index (χ0n) is 21.3. The first-order chi connectivity index (χ1) is 18.9. The average molecular weight is 485 g/mol. The summed E-state index contributed by atoms with van der Waals surface area (Å²) < 4.78 is 0. The summed E-state index contributed by atoms with van der Waals surface area (Å²) in [4.78, 5) is 0. The lowest BCUT2D eigenvalue weighted by molar-refractivity contribution is 0.541. The van der Waals surface area contributed by atoms with Crippen molar-refractivity contribution in [2.45, 2.75) is 30.6 Å². The molecule has 0 nitrogen and oxygen atoms in total. The molecule has 5 aromatic rings. The van der Waals surface area contributed by atoms with E-state index < -0.39 is 0 Å². The summed E-state index contributed by atoms with van der Waals surface area (Å²) in [6, 6.07) is 39.0. The van der Waals surface area contributed by atoms with Gasteiger partial charge in [0.25, 0.3) is 0 Å². The highest BCUT2D eigenvalue weighted by molar-refractivity contribution is 5.95. The molecule has 0 radical (unpaired) electrons. The molecular formula is C38H28. The fraction of sp³-hybridized carbons (Fsp3) is 0.158. The summed E-state index contributed by atoms with van der Waals surface area (Å²) in [6.45, 7) is 0. The minimum Gasteiger partial charge on any atom is -0.0758 e. The van der Waals surface area contributed by atoms with Crippen molar-refractivity contribution in [3.63, 3.8) is 0 Å². The van der Waals surface area contributed by atoms with Crippen molar-refractivity contribution in [1.82, 2.24) is 0 Å². The Labute approximate surface area is 224 Å². The minimum atomic E-state index is 0.354. The quantitative estimate of drug-likeness (QED) is 0.222. The third-order valence-corrected chi connectivity index (χ3v) is 9.81. The highest BCUT2D eigenvalue weighted by Gasteiger charge is 2.41. The number of benzene rings is 5. The van der Waals surface area contributed by atoms with Crippen LogP contribution in [0.1, 0.15) is 63.1 Å². The molecule has 0 amide bonds. The van der Waals surface area contributed by atoms with E-state index in [1.807, 2.05) is 0 Å². The molecule has 0 N–H and O–H groups in total. The second-order valence-electron chi connectivity index (χ2n) is 11.5. The van der Waals surface area contributed by atoms with Gasteiger partial charge in [-0.15, -0.1) is 0 Å². The van der Waals surface area contributed by atoms with Gasteiger partial charge in [-0.1, -0.05) is 121 Å². The van der Waals surface area contributed by atoms with Crippen molar-refractivity contribution in [3.05, 3.63) is 154 Å². The summed E-state index contributed by atoms with van der Waals surface area (Å²) in [6.07, 6.45) is 9.99. The van der Waals surface area contributed by atoms with Crippen LogP contribution in [0.2, 0.25) is 0 Å². The molecule has 0 aromatic heterocycles. The highest BCUT2D eigenvalue weighted by Crippen LogP contribution is 2.58. The van der Waals surface area contributed by atoms with Crippen LogP contribution in [0.15, 0.2) is 115 Å². The van der Waals surface area contributed by atoms with Crippen LogP contribution < -0.4 is 0 Å². The molecule has 0 aliphatic heterocycles. The van der Waals surface area contributed by atoms with Crippen LogP contribution in [-0.4, -0.2) is 0 Å². The van der Waals surface area contributed by atoms with Crippen LogP contribution in [-0.2, 0) is 6.42 Å². The van der Waals surface area contributed by atoms with Crippen LogP contribution in [0.25, 0.3) is 33.5 Å². The van der Waals surface area contributed by atoms with Gasteiger partial charge < -0.3 is 0 Å². The fourth-order valence-corrected chi connectivity index (χ4v) is 8.30. The largest absolute Gasteiger partial charge is 0.0758 e. The normalized spacial score (nSPS) is 23.6. The Morgan fingerprint density at radius 3 is 2.13 bits per heavy atom. The van der Waals surface area contributed by atoms with E-state index in [-0.39, 0.29) is 0 Å². The molecule has 0 fully saturated rings. The number of rotatable bonds is 1. The molecule has 4 aliphatic rings. The minimum absolute atomic E-state index is 0.354. The summed E-state index contributed by atoms with van der Waals surface area (Å²) in [5.74, 6) is 1.63. The first-order valence-corrected chi connectivity index (χ1v) is 14.1. The molecule has 0 bridgehead atoms. The molecular weight excluding hydrogens is 456 g/mol. The van der Waals surface area contributed by atoms with E-state index in [2.05, 4.69) is 121 Å². The van der Waals surface area contributed by atoms with Gasteiger partial charge in [0.2, 0.25) is 0 Å². The van der Waals surface area contributed by atoms with Crippen LogP contribution >= 0.6 is 0 Å². The topological polar surface area (TPSA) is 0 Å². The molecule has 9 rings (SSSR count). The Hall–Kier alpha value is -4.16. The Bertz CT molecular complexity index is 1850. The molecule has 4 atom stereocenters. The zero-order valence-corrected chi connectivity index (χ0v) is 21.3. The maximum Gasteiger partial charge on any atom is 0.0205 e. The summed E-state index contributed by atoms with van der Waals surface area (Å²) >= 11 is 0. The van der Waals surface area contributed by atoms with Crippen molar-refractivity contribution >= 4 is 22.4 Å². The number of aryl methyl sites for hydroxylation is 1. The van der Waals surface area contributed by atoms with Gasteiger partial charge in [0.15, 0.2) is 0 Å². The van der Waals surface area contributed by atoms with E-state index in [0.29, 0.717) is 23.7 Å². The Kier molecular flexibility index (Phi) is 4.21. The second kappa shape index (κ2) is 7.68. The summed E-state index contributed by atoms with van der Waals surface area (Å²) in [5.41, 5.74) is 14.7. The van der Waals surface area contributed by atoms with Gasteiger partial charge in [-0.25, -0.2) is 0 Å². The molecule has 0 saturated heterocycles. The van der Waals surface area contributed by atoms with Gasteiger partial charge >= 0.3 is 0 Å². The number of hydrogen-bond donors (Lipinski definition) is 0. The predicted octanol–water partition coefficient (Wildman–Crippen LogP) is 9.51. The lowest BCUT2D eigenvalue weighted by Crippen LogP contribution is -2.27. The molecule has 180 valence electrons. The summed E-state index contributed by atoms with van der Waals surface area (Å²) in [5, 5.41) is 2.92. The third kappa shape index (κ3) is 2.70. The van der Waals surface area contributed by atoms with E-state index in [1.54, 1.807) is 5.56 Å². The van der Waals surface area contributed by atoms with Crippen molar-refractivity contribution in [2.24, 2.45) is 5.92 Å². The van der Waals surface area contributed by atoms with Gasteiger partial charge in [-0.05, 0) is 85.2 Å². The van der Waals surface area contributed by atoms with E-state index in [0.717, 1.165) is 0 Å². The molecule has 4 unspecified atom stereocenters. The molecule has 0 spiro atoms. The highest BCUT2D eigenvalue weighted by atomic mass is 14.4. The van der Waals surface area contributed by atoms with Crippen molar-refractivity contribution in [1.29, 1.82) is 0 Å². The van der Waals surface area contributed by atoms with Crippen LogP contribution in [0, 0.1) is 5.92 Å². The summed E-state index contributed by atoms with van der Waals surface area (Å²) in [7, 11) is 0. The fourth-order valence-electron chi connectivity index (χ4n) is 8.30. The smallest absolute Gasteiger partial charge is 0.0205 e. The number of fused-ring (bicyclic) bond motifs is 8. The molecule has 0 heterocycles. The lowest BCUT2D eigenvalue weighted by atomic mass is 9.61. The molecule has 4 aliphatic carbocycles. The third-order valence-electron chi connectivity index (χ3n) is 9.81. The molecule has 0 saturated carbocycles.